The highest BCUT2D eigenvalue weighted by Gasteiger charge is 2.10. The Morgan fingerprint density at radius 2 is 2.29 bits per heavy atom. The molecule has 1 aromatic carbocycles. The van der Waals surface area contributed by atoms with E-state index in [1.54, 1.807) is 12.3 Å². The predicted octanol–water partition coefficient (Wildman–Crippen LogP) is 2.04. The van der Waals surface area contributed by atoms with Gasteiger partial charge in [-0.05, 0) is 18.6 Å². The van der Waals surface area contributed by atoms with Crippen molar-refractivity contribution >= 4 is 39.4 Å². The van der Waals surface area contributed by atoms with Crippen LogP contribution in [-0.4, -0.2) is 25.8 Å². The summed E-state index contributed by atoms with van der Waals surface area (Å²) >= 11 is 6.05. The van der Waals surface area contributed by atoms with Crippen molar-refractivity contribution in [1.82, 2.24) is 9.55 Å². The lowest BCUT2D eigenvalue weighted by Crippen LogP contribution is -2.06. The molecular weight excluding hydrogens is 258 g/mol. The highest BCUT2D eigenvalue weighted by molar-refractivity contribution is 7.84. The number of nitrogens with zero attached hydrogens (tertiary/aromatic N) is 2. The monoisotopic (exact) mass is 271 g/mol. The maximum atomic E-state index is 11.0. The van der Waals surface area contributed by atoms with Gasteiger partial charge in [0.05, 0.1) is 10.5 Å². The van der Waals surface area contributed by atoms with Gasteiger partial charge in [0.1, 0.15) is 5.52 Å². The van der Waals surface area contributed by atoms with Gasteiger partial charge in [-0.2, -0.15) is 0 Å². The topological polar surface area (TPSA) is 60.9 Å². The van der Waals surface area contributed by atoms with Crippen molar-refractivity contribution in [2.24, 2.45) is 0 Å². The third kappa shape index (κ3) is 2.61. The summed E-state index contributed by atoms with van der Waals surface area (Å²) in [5, 5.41) is 0.604. The van der Waals surface area contributed by atoms with E-state index < -0.39 is 10.8 Å². The number of para-hydroxylation sites is 1. The van der Waals surface area contributed by atoms with Crippen molar-refractivity contribution in [3.63, 3.8) is 0 Å². The number of fused-ring (bicyclic) bond motifs is 1. The summed E-state index contributed by atoms with van der Waals surface area (Å²) in [7, 11) is -0.772. The molecule has 17 heavy (non-hydrogen) atoms. The second-order valence-electron chi connectivity index (χ2n) is 3.86. The Balaban J connectivity index is 2.30. The molecule has 0 fully saturated rings. The smallest absolute Gasteiger partial charge is 0.201 e. The molecule has 0 bridgehead atoms. The summed E-state index contributed by atoms with van der Waals surface area (Å²) in [6.07, 6.45) is 2.51. The Bertz CT molecular complexity index is 567. The van der Waals surface area contributed by atoms with Crippen molar-refractivity contribution in [3.05, 3.63) is 23.2 Å². The minimum absolute atomic E-state index is 0.454. The third-order valence-corrected chi connectivity index (χ3v) is 3.74. The van der Waals surface area contributed by atoms with Gasteiger partial charge in [-0.25, -0.2) is 4.98 Å². The van der Waals surface area contributed by atoms with E-state index in [1.807, 2.05) is 16.7 Å². The van der Waals surface area contributed by atoms with Crippen LogP contribution in [0.1, 0.15) is 6.42 Å². The van der Waals surface area contributed by atoms with Gasteiger partial charge in [0.25, 0.3) is 0 Å². The zero-order valence-corrected chi connectivity index (χ0v) is 11.1. The third-order valence-electron chi connectivity index (χ3n) is 2.57. The average molecular weight is 272 g/mol. The molecule has 92 valence electrons. The highest BCUT2D eigenvalue weighted by atomic mass is 35.5. The fourth-order valence-electron chi connectivity index (χ4n) is 1.79. The van der Waals surface area contributed by atoms with Crippen LogP contribution in [-0.2, 0) is 17.3 Å². The SMILES string of the molecule is CS(=O)CCCn1c(N)nc2c(Cl)cccc21. The fraction of sp³-hybridized carbons (Fsp3) is 0.364. The minimum atomic E-state index is -0.772. The molecule has 0 aliphatic heterocycles. The molecule has 0 saturated carbocycles. The van der Waals surface area contributed by atoms with Crippen molar-refractivity contribution in [3.8, 4) is 0 Å². The zero-order valence-electron chi connectivity index (χ0n) is 9.52. The van der Waals surface area contributed by atoms with E-state index in [2.05, 4.69) is 4.98 Å². The number of anilines is 1. The van der Waals surface area contributed by atoms with Crippen molar-refractivity contribution in [2.75, 3.05) is 17.7 Å². The highest BCUT2D eigenvalue weighted by Crippen LogP contribution is 2.24. The van der Waals surface area contributed by atoms with Crippen LogP contribution in [0.3, 0.4) is 0 Å². The fourth-order valence-corrected chi connectivity index (χ4v) is 2.54. The van der Waals surface area contributed by atoms with Gasteiger partial charge in [-0.15, -0.1) is 0 Å². The Labute approximate surface area is 107 Å². The van der Waals surface area contributed by atoms with E-state index in [0.29, 0.717) is 23.3 Å². The van der Waals surface area contributed by atoms with Gasteiger partial charge < -0.3 is 10.3 Å². The van der Waals surface area contributed by atoms with Gasteiger partial charge >= 0.3 is 0 Å². The van der Waals surface area contributed by atoms with Crippen LogP contribution in [0.4, 0.5) is 5.95 Å². The number of rotatable bonds is 4. The normalized spacial score (nSPS) is 13.1. The van der Waals surface area contributed by atoms with Gasteiger partial charge in [-0.1, -0.05) is 17.7 Å². The van der Waals surface area contributed by atoms with Gasteiger partial charge in [0.2, 0.25) is 5.95 Å². The molecular formula is C11H14ClN3OS. The van der Waals surface area contributed by atoms with Crippen LogP contribution in [0, 0.1) is 0 Å². The van der Waals surface area contributed by atoms with Crippen LogP contribution < -0.4 is 5.73 Å². The quantitative estimate of drug-likeness (QED) is 0.926. The Morgan fingerprint density at radius 3 is 3.00 bits per heavy atom. The molecule has 0 aliphatic rings. The van der Waals surface area contributed by atoms with Crippen LogP contribution in [0.2, 0.25) is 5.02 Å². The maximum absolute atomic E-state index is 11.0. The molecule has 6 heteroatoms. The lowest BCUT2D eigenvalue weighted by molar-refractivity contribution is 0.671. The predicted molar refractivity (Wildman–Crippen MR) is 72.7 cm³/mol. The van der Waals surface area contributed by atoms with Crippen molar-refractivity contribution < 1.29 is 4.21 Å². The van der Waals surface area contributed by atoms with Crippen LogP contribution in [0.5, 0.6) is 0 Å². The maximum Gasteiger partial charge on any atom is 0.201 e. The van der Waals surface area contributed by atoms with Crippen molar-refractivity contribution in [2.45, 2.75) is 13.0 Å². The number of imidazole rings is 1. The van der Waals surface area contributed by atoms with E-state index in [0.717, 1.165) is 17.5 Å². The van der Waals surface area contributed by atoms with Gasteiger partial charge in [0, 0.05) is 29.4 Å². The Hall–Kier alpha value is -1.07. The first-order valence-corrected chi connectivity index (χ1v) is 7.40. The molecule has 0 amide bonds. The lowest BCUT2D eigenvalue weighted by atomic mass is 10.3. The molecule has 0 radical (unpaired) electrons. The molecule has 1 unspecified atom stereocenters. The number of hydrogen-bond donors (Lipinski definition) is 1. The second-order valence-corrected chi connectivity index (χ2v) is 5.82. The molecule has 1 heterocycles. The number of hydrogen-bond acceptors (Lipinski definition) is 3. The molecule has 0 aliphatic carbocycles. The number of nitrogens with two attached hydrogens (primary N) is 1. The molecule has 2 rings (SSSR count). The first-order valence-electron chi connectivity index (χ1n) is 5.30. The summed E-state index contributed by atoms with van der Waals surface area (Å²) in [4.78, 5) is 4.24. The van der Waals surface area contributed by atoms with E-state index in [4.69, 9.17) is 17.3 Å². The summed E-state index contributed by atoms with van der Waals surface area (Å²) < 4.78 is 12.9. The molecule has 2 N–H and O–H groups in total. The minimum Gasteiger partial charge on any atom is -0.369 e. The first kappa shape index (κ1) is 12.4. The largest absolute Gasteiger partial charge is 0.369 e. The van der Waals surface area contributed by atoms with Crippen LogP contribution >= 0.6 is 11.6 Å². The van der Waals surface area contributed by atoms with E-state index in [9.17, 15) is 4.21 Å². The number of benzene rings is 1. The summed E-state index contributed by atoms with van der Waals surface area (Å²) in [6, 6.07) is 5.61. The molecule has 0 saturated heterocycles. The lowest BCUT2D eigenvalue weighted by Gasteiger charge is -2.05. The zero-order chi connectivity index (χ0) is 12.4. The van der Waals surface area contributed by atoms with E-state index in [-0.39, 0.29) is 0 Å². The Morgan fingerprint density at radius 1 is 1.53 bits per heavy atom. The number of aryl methyl sites for hydroxylation is 1. The molecule has 2 aromatic rings. The molecule has 0 spiro atoms. The summed E-state index contributed by atoms with van der Waals surface area (Å²) in [6.45, 7) is 0.711. The first-order chi connectivity index (χ1) is 8.09. The molecule has 4 nitrogen and oxygen atoms in total. The summed E-state index contributed by atoms with van der Waals surface area (Å²) in [5.74, 6) is 1.12. The van der Waals surface area contributed by atoms with E-state index in [1.165, 1.54) is 0 Å². The number of nitrogen functional groups attached to an aromatic ring is 1. The van der Waals surface area contributed by atoms with E-state index >= 15 is 0 Å². The molecule has 1 atom stereocenters. The van der Waals surface area contributed by atoms with Crippen LogP contribution in [0.15, 0.2) is 18.2 Å². The Kier molecular flexibility index (Phi) is 3.69. The number of aromatic nitrogens is 2. The van der Waals surface area contributed by atoms with Gasteiger partial charge in [-0.3, -0.25) is 4.21 Å². The number of halogens is 1. The van der Waals surface area contributed by atoms with Crippen molar-refractivity contribution in [1.29, 1.82) is 0 Å². The standard InChI is InChI=1S/C11H14ClN3OS/c1-17(16)7-3-6-15-9-5-2-4-8(12)10(9)14-11(15)13/h2,4-5H,3,6-7H2,1H3,(H2,13,14). The summed E-state index contributed by atoms with van der Waals surface area (Å²) in [5.41, 5.74) is 7.51. The average Bonchev–Trinajstić information content (AvgIpc) is 2.57. The van der Waals surface area contributed by atoms with Gasteiger partial charge in [0.15, 0.2) is 0 Å². The molecule has 1 aromatic heterocycles. The van der Waals surface area contributed by atoms with Crippen LogP contribution in [0.25, 0.3) is 11.0 Å². The second kappa shape index (κ2) is 5.06.